The highest BCUT2D eigenvalue weighted by Gasteiger charge is 2.49. The van der Waals surface area contributed by atoms with Crippen LogP contribution in [0.25, 0.3) is 0 Å². The van der Waals surface area contributed by atoms with Crippen LogP contribution in [0.2, 0.25) is 5.04 Å². The van der Waals surface area contributed by atoms with Gasteiger partial charge in [-0.15, -0.1) is 0 Å². The van der Waals surface area contributed by atoms with Crippen molar-refractivity contribution in [2.45, 2.75) is 38.7 Å². The van der Waals surface area contributed by atoms with Crippen molar-refractivity contribution in [2.75, 3.05) is 6.61 Å². The van der Waals surface area contributed by atoms with Gasteiger partial charge in [-0.2, -0.15) is 0 Å². The van der Waals surface area contributed by atoms with Gasteiger partial charge in [-0.05, 0) is 32.3 Å². The van der Waals surface area contributed by atoms with Crippen LogP contribution in [0.1, 0.15) is 33.6 Å². The van der Waals surface area contributed by atoms with E-state index >= 15 is 0 Å². The quantitative estimate of drug-likeness (QED) is 0.316. The van der Waals surface area contributed by atoms with Gasteiger partial charge in [0.15, 0.2) is 0 Å². The lowest BCUT2D eigenvalue weighted by Gasteiger charge is -2.43. The molecule has 0 spiro atoms. The molecular formula is C21H27IOSi. The Morgan fingerprint density at radius 3 is 1.83 bits per heavy atom. The van der Waals surface area contributed by atoms with E-state index in [1.54, 1.807) is 0 Å². The van der Waals surface area contributed by atoms with Crippen LogP contribution in [0.4, 0.5) is 0 Å². The van der Waals surface area contributed by atoms with Crippen LogP contribution in [-0.2, 0) is 4.43 Å². The van der Waals surface area contributed by atoms with E-state index in [1.165, 1.54) is 10.4 Å². The molecule has 0 bridgehead atoms. The van der Waals surface area contributed by atoms with Gasteiger partial charge in [0.1, 0.15) is 0 Å². The second-order valence-electron chi connectivity index (χ2n) is 7.02. The summed E-state index contributed by atoms with van der Waals surface area (Å²) in [7, 11) is -2.34. The van der Waals surface area contributed by atoms with Crippen LogP contribution in [-0.4, -0.2) is 14.9 Å². The molecule has 128 valence electrons. The maximum atomic E-state index is 6.82. The highest BCUT2D eigenvalue weighted by molar-refractivity contribution is 14.1. The fraction of sp³-hybridized carbons (Fsp3) is 0.333. The van der Waals surface area contributed by atoms with E-state index in [-0.39, 0.29) is 5.04 Å². The molecule has 0 aromatic heterocycles. The molecule has 0 saturated carbocycles. The van der Waals surface area contributed by atoms with Gasteiger partial charge in [-0.1, -0.05) is 110 Å². The van der Waals surface area contributed by atoms with Crippen molar-refractivity contribution in [1.29, 1.82) is 0 Å². The smallest absolute Gasteiger partial charge is 0.261 e. The third-order valence-electron chi connectivity index (χ3n) is 4.34. The molecule has 2 aromatic rings. The lowest BCUT2D eigenvalue weighted by Crippen LogP contribution is -2.66. The van der Waals surface area contributed by atoms with Crippen LogP contribution < -0.4 is 10.4 Å². The maximum absolute atomic E-state index is 6.82. The van der Waals surface area contributed by atoms with Crippen molar-refractivity contribution in [3.05, 3.63) is 70.8 Å². The molecule has 0 fully saturated rings. The van der Waals surface area contributed by atoms with E-state index in [4.69, 9.17) is 4.43 Å². The van der Waals surface area contributed by atoms with Gasteiger partial charge in [0.2, 0.25) is 0 Å². The van der Waals surface area contributed by atoms with Crippen LogP contribution in [0.15, 0.2) is 70.8 Å². The average molecular weight is 450 g/mol. The molecule has 24 heavy (non-hydrogen) atoms. The molecule has 2 aromatic carbocycles. The Labute approximate surface area is 161 Å². The number of rotatable bonds is 7. The van der Waals surface area contributed by atoms with Crippen molar-refractivity contribution in [2.24, 2.45) is 0 Å². The first-order valence-corrected chi connectivity index (χ1v) is 11.7. The van der Waals surface area contributed by atoms with Crippen molar-refractivity contribution < 1.29 is 4.43 Å². The van der Waals surface area contributed by atoms with E-state index in [1.807, 2.05) is 0 Å². The zero-order valence-corrected chi connectivity index (χ0v) is 18.0. The van der Waals surface area contributed by atoms with Gasteiger partial charge in [-0.25, -0.2) is 0 Å². The summed E-state index contributed by atoms with van der Waals surface area (Å²) in [5.41, 5.74) is 0. The molecule has 1 nitrogen and oxygen atoms in total. The van der Waals surface area contributed by atoms with Gasteiger partial charge < -0.3 is 4.43 Å². The zero-order chi connectivity index (χ0) is 17.5. The summed E-state index contributed by atoms with van der Waals surface area (Å²) >= 11 is 2.27. The van der Waals surface area contributed by atoms with Crippen molar-refractivity contribution >= 4 is 41.3 Å². The Bertz CT molecular complexity index is 592. The largest absolute Gasteiger partial charge is 0.407 e. The lowest BCUT2D eigenvalue weighted by atomic mass is 10.2. The van der Waals surface area contributed by atoms with Gasteiger partial charge in [0.25, 0.3) is 8.32 Å². The second-order valence-corrected chi connectivity index (χ2v) is 12.0. The van der Waals surface area contributed by atoms with Crippen LogP contribution in [0.5, 0.6) is 0 Å². The highest BCUT2D eigenvalue weighted by Crippen LogP contribution is 2.36. The average Bonchev–Trinajstić information content (AvgIpc) is 2.59. The first kappa shape index (κ1) is 19.4. The first-order valence-electron chi connectivity index (χ1n) is 8.52. The number of allylic oxidation sites excluding steroid dienone is 1. The number of hydrogen-bond donors (Lipinski definition) is 0. The molecule has 0 saturated heterocycles. The molecule has 0 aliphatic carbocycles. The third-order valence-corrected chi connectivity index (χ3v) is 9.89. The van der Waals surface area contributed by atoms with Crippen LogP contribution >= 0.6 is 22.6 Å². The van der Waals surface area contributed by atoms with E-state index in [0.717, 1.165) is 19.4 Å². The number of hydrogen-bond acceptors (Lipinski definition) is 1. The summed E-state index contributed by atoms with van der Waals surface area (Å²) in [4.78, 5) is 0. The standard InChI is InChI=1S/C21H27IOSi/c1-21(2,3)24(19-13-7-4-8-14-19,20-15-9-5-10-16-20)23-18-12-6-11-17-22/h4-5,7-11,13-17H,6,12,18H2,1-3H3/b17-11+. The highest BCUT2D eigenvalue weighted by atomic mass is 127. The van der Waals surface area contributed by atoms with E-state index in [9.17, 15) is 0 Å². The molecule has 3 heteroatoms. The molecule has 0 N–H and O–H groups in total. The summed E-state index contributed by atoms with van der Waals surface area (Å²) in [5, 5.41) is 2.77. The Balaban J connectivity index is 2.45. The SMILES string of the molecule is CC(C)(C)[Si](OCCC/C=C/I)(c1ccccc1)c1ccccc1. The van der Waals surface area contributed by atoms with Gasteiger partial charge in [-0.3, -0.25) is 0 Å². The van der Waals surface area contributed by atoms with E-state index in [0.29, 0.717) is 0 Å². The Morgan fingerprint density at radius 2 is 1.42 bits per heavy atom. The van der Waals surface area contributed by atoms with Crippen molar-refractivity contribution in [1.82, 2.24) is 0 Å². The molecule has 0 unspecified atom stereocenters. The van der Waals surface area contributed by atoms with E-state index < -0.39 is 8.32 Å². The fourth-order valence-corrected chi connectivity index (χ4v) is 8.22. The maximum Gasteiger partial charge on any atom is 0.261 e. The predicted octanol–water partition coefficient (Wildman–Crippen LogP) is 5.29. The normalized spacial score (nSPS) is 12.7. The number of halogens is 1. The topological polar surface area (TPSA) is 9.23 Å². The molecule has 2 rings (SSSR count). The van der Waals surface area contributed by atoms with Gasteiger partial charge in [0.05, 0.1) is 0 Å². The summed E-state index contributed by atoms with van der Waals surface area (Å²) in [6.07, 6.45) is 4.33. The minimum Gasteiger partial charge on any atom is -0.407 e. The lowest BCUT2D eigenvalue weighted by molar-refractivity contribution is 0.293. The summed E-state index contributed by atoms with van der Waals surface area (Å²) < 4.78 is 8.90. The Morgan fingerprint density at radius 1 is 0.917 bits per heavy atom. The summed E-state index contributed by atoms with van der Waals surface area (Å²) in [6.45, 7) is 7.77. The molecule has 0 heterocycles. The molecule has 0 aliphatic rings. The van der Waals surface area contributed by atoms with Gasteiger partial charge >= 0.3 is 0 Å². The number of benzene rings is 2. The second kappa shape index (κ2) is 8.97. The third kappa shape index (κ3) is 4.38. The minimum absolute atomic E-state index is 0.0643. The molecule has 0 aliphatic heterocycles. The van der Waals surface area contributed by atoms with Gasteiger partial charge in [0, 0.05) is 6.61 Å². The minimum atomic E-state index is -2.34. The monoisotopic (exact) mass is 450 g/mol. The fourth-order valence-electron chi connectivity index (χ4n) is 3.25. The van der Waals surface area contributed by atoms with Crippen LogP contribution in [0.3, 0.4) is 0 Å². The van der Waals surface area contributed by atoms with Crippen LogP contribution in [0, 0.1) is 0 Å². The molecular weight excluding hydrogens is 423 g/mol. The Kier molecular flexibility index (Phi) is 7.26. The predicted molar refractivity (Wildman–Crippen MR) is 116 cm³/mol. The molecule has 0 atom stereocenters. The summed E-state index contributed by atoms with van der Waals surface area (Å²) in [5.74, 6) is 0. The molecule has 0 radical (unpaired) electrons. The van der Waals surface area contributed by atoms with Crippen molar-refractivity contribution in [3.63, 3.8) is 0 Å². The Hall–Kier alpha value is -0.913. The van der Waals surface area contributed by atoms with Crippen molar-refractivity contribution in [3.8, 4) is 0 Å². The zero-order valence-electron chi connectivity index (χ0n) is 14.8. The van der Waals surface area contributed by atoms with E-state index in [2.05, 4.69) is 114 Å². The molecule has 0 amide bonds. The first-order chi connectivity index (χ1) is 11.5. The number of unbranched alkanes of at least 4 members (excludes halogenated alkanes) is 1. The summed E-state index contributed by atoms with van der Waals surface area (Å²) in [6, 6.07) is 21.7.